The molecule has 0 atom stereocenters. The van der Waals surface area contributed by atoms with Crippen LogP contribution in [0.5, 0.6) is 0 Å². The average molecular weight is 211 g/mol. The Morgan fingerprint density at radius 1 is 1.07 bits per heavy atom. The predicted molar refractivity (Wildman–Crippen MR) is 63.9 cm³/mol. The molecule has 1 aliphatic heterocycles. The third-order valence-corrected chi connectivity index (χ3v) is 3.95. The molecule has 0 aromatic rings. The lowest BCUT2D eigenvalue weighted by Crippen LogP contribution is -2.46. The summed E-state index contributed by atoms with van der Waals surface area (Å²) in [6.45, 7) is 9.74. The van der Waals surface area contributed by atoms with Gasteiger partial charge < -0.3 is 15.5 Å². The molecule has 2 rings (SSSR count). The van der Waals surface area contributed by atoms with Crippen molar-refractivity contribution in [2.45, 2.75) is 38.1 Å². The van der Waals surface area contributed by atoms with Crippen molar-refractivity contribution in [1.82, 2.24) is 9.80 Å². The minimum Gasteiger partial charge on any atom is -0.325 e. The summed E-state index contributed by atoms with van der Waals surface area (Å²) >= 11 is 0. The van der Waals surface area contributed by atoms with Crippen LogP contribution in [0.1, 0.15) is 32.6 Å². The van der Waals surface area contributed by atoms with Gasteiger partial charge in [-0.05, 0) is 38.8 Å². The van der Waals surface area contributed by atoms with Gasteiger partial charge in [-0.1, -0.05) is 6.92 Å². The van der Waals surface area contributed by atoms with E-state index in [2.05, 4.69) is 16.7 Å². The van der Waals surface area contributed by atoms with Gasteiger partial charge >= 0.3 is 0 Å². The van der Waals surface area contributed by atoms with Crippen molar-refractivity contribution in [3.8, 4) is 0 Å². The van der Waals surface area contributed by atoms with Crippen LogP contribution in [0.2, 0.25) is 0 Å². The highest BCUT2D eigenvalue weighted by atomic mass is 15.3. The fraction of sp³-hybridized carbons (Fsp3) is 1.00. The molecule has 0 spiro atoms. The third kappa shape index (κ3) is 3.44. The second kappa shape index (κ2) is 4.81. The summed E-state index contributed by atoms with van der Waals surface area (Å²) in [6, 6.07) is 0. The standard InChI is InChI=1S/C12H25N3/c1-2-14-8-10-15(11-9-14)7-3-4-12(13)5-6-12/h2-11,13H2,1H3. The third-order valence-electron chi connectivity index (χ3n) is 3.95. The van der Waals surface area contributed by atoms with E-state index < -0.39 is 0 Å². The Bertz CT molecular complexity index is 193. The number of nitrogens with zero attached hydrogens (tertiary/aromatic N) is 2. The van der Waals surface area contributed by atoms with E-state index in [4.69, 9.17) is 5.73 Å². The molecule has 88 valence electrons. The van der Waals surface area contributed by atoms with Gasteiger partial charge in [0.2, 0.25) is 0 Å². The van der Waals surface area contributed by atoms with Gasteiger partial charge in [-0.3, -0.25) is 0 Å². The van der Waals surface area contributed by atoms with Crippen molar-refractivity contribution in [3.05, 3.63) is 0 Å². The highest BCUT2D eigenvalue weighted by Crippen LogP contribution is 2.36. The van der Waals surface area contributed by atoms with Crippen LogP contribution in [-0.4, -0.2) is 54.6 Å². The first-order valence-corrected chi connectivity index (χ1v) is 6.45. The quantitative estimate of drug-likeness (QED) is 0.733. The van der Waals surface area contributed by atoms with Crippen LogP contribution in [0.4, 0.5) is 0 Å². The first-order valence-electron chi connectivity index (χ1n) is 6.45. The lowest BCUT2D eigenvalue weighted by Gasteiger charge is -2.34. The van der Waals surface area contributed by atoms with Crippen molar-refractivity contribution in [2.75, 3.05) is 39.3 Å². The number of nitrogens with two attached hydrogens (primary N) is 1. The summed E-state index contributed by atoms with van der Waals surface area (Å²) < 4.78 is 0. The van der Waals surface area contributed by atoms with Crippen molar-refractivity contribution in [2.24, 2.45) is 5.73 Å². The van der Waals surface area contributed by atoms with Crippen molar-refractivity contribution in [1.29, 1.82) is 0 Å². The van der Waals surface area contributed by atoms with E-state index in [1.165, 1.54) is 65.0 Å². The van der Waals surface area contributed by atoms with Crippen LogP contribution in [0.3, 0.4) is 0 Å². The van der Waals surface area contributed by atoms with E-state index in [-0.39, 0.29) is 5.54 Å². The molecule has 1 aliphatic carbocycles. The summed E-state index contributed by atoms with van der Waals surface area (Å²) in [7, 11) is 0. The normalized spacial score (nSPS) is 26.8. The average Bonchev–Trinajstić information content (AvgIpc) is 2.98. The molecule has 0 radical (unpaired) electrons. The summed E-state index contributed by atoms with van der Waals surface area (Å²) in [5, 5.41) is 0. The van der Waals surface area contributed by atoms with Gasteiger partial charge in [0.1, 0.15) is 0 Å². The van der Waals surface area contributed by atoms with Crippen molar-refractivity contribution >= 4 is 0 Å². The van der Waals surface area contributed by atoms with Crippen LogP contribution < -0.4 is 5.73 Å². The fourth-order valence-corrected chi connectivity index (χ4v) is 2.39. The van der Waals surface area contributed by atoms with Crippen LogP contribution >= 0.6 is 0 Å². The van der Waals surface area contributed by atoms with E-state index in [9.17, 15) is 0 Å². The topological polar surface area (TPSA) is 32.5 Å². The zero-order valence-corrected chi connectivity index (χ0v) is 10.0. The minimum absolute atomic E-state index is 0.255. The Labute approximate surface area is 93.6 Å². The highest BCUT2D eigenvalue weighted by molar-refractivity contribution is 4.98. The van der Waals surface area contributed by atoms with Gasteiger partial charge in [0, 0.05) is 31.7 Å². The molecule has 3 nitrogen and oxygen atoms in total. The summed E-state index contributed by atoms with van der Waals surface area (Å²) in [5.74, 6) is 0. The fourth-order valence-electron chi connectivity index (χ4n) is 2.39. The summed E-state index contributed by atoms with van der Waals surface area (Å²) in [6.07, 6.45) is 5.05. The monoisotopic (exact) mass is 211 g/mol. The van der Waals surface area contributed by atoms with Gasteiger partial charge in [-0.2, -0.15) is 0 Å². The Morgan fingerprint density at radius 2 is 1.67 bits per heavy atom. The number of hydrogen-bond donors (Lipinski definition) is 1. The Morgan fingerprint density at radius 3 is 2.20 bits per heavy atom. The lowest BCUT2D eigenvalue weighted by molar-refractivity contribution is 0.135. The first-order chi connectivity index (χ1) is 7.22. The van der Waals surface area contributed by atoms with E-state index in [1.54, 1.807) is 0 Å². The molecule has 1 heterocycles. The molecule has 1 saturated heterocycles. The van der Waals surface area contributed by atoms with Gasteiger partial charge in [0.05, 0.1) is 0 Å². The molecule has 0 unspecified atom stereocenters. The first kappa shape index (κ1) is 11.4. The van der Waals surface area contributed by atoms with Gasteiger partial charge in [0.15, 0.2) is 0 Å². The molecule has 0 aromatic carbocycles. The lowest BCUT2D eigenvalue weighted by atomic mass is 10.1. The molecular weight excluding hydrogens is 186 g/mol. The zero-order chi connectivity index (χ0) is 10.7. The van der Waals surface area contributed by atoms with E-state index >= 15 is 0 Å². The molecule has 0 amide bonds. The molecule has 3 heteroatoms. The molecule has 15 heavy (non-hydrogen) atoms. The maximum atomic E-state index is 6.08. The Hall–Kier alpha value is -0.120. The number of piperazine rings is 1. The van der Waals surface area contributed by atoms with Crippen molar-refractivity contribution < 1.29 is 0 Å². The Kier molecular flexibility index (Phi) is 3.65. The van der Waals surface area contributed by atoms with Gasteiger partial charge in [0.25, 0.3) is 0 Å². The predicted octanol–water partition coefficient (Wildman–Crippen LogP) is 0.895. The highest BCUT2D eigenvalue weighted by Gasteiger charge is 2.37. The largest absolute Gasteiger partial charge is 0.325 e. The van der Waals surface area contributed by atoms with E-state index in [0.717, 1.165) is 0 Å². The molecular formula is C12H25N3. The van der Waals surface area contributed by atoms with E-state index in [1.807, 2.05) is 0 Å². The van der Waals surface area contributed by atoms with Crippen molar-refractivity contribution in [3.63, 3.8) is 0 Å². The van der Waals surface area contributed by atoms with Crippen LogP contribution in [0.15, 0.2) is 0 Å². The maximum Gasteiger partial charge on any atom is 0.0156 e. The second-order valence-electron chi connectivity index (χ2n) is 5.24. The maximum absolute atomic E-state index is 6.08. The van der Waals surface area contributed by atoms with Gasteiger partial charge in [-0.25, -0.2) is 0 Å². The number of likely N-dealkylation sites (N-methyl/N-ethyl adjacent to an activating group) is 1. The number of hydrogen-bond acceptors (Lipinski definition) is 3. The molecule has 1 saturated carbocycles. The molecule has 0 bridgehead atoms. The zero-order valence-electron chi connectivity index (χ0n) is 10.0. The van der Waals surface area contributed by atoms with Crippen LogP contribution in [-0.2, 0) is 0 Å². The minimum atomic E-state index is 0.255. The molecule has 2 fully saturated rings. The van der Waals surface area contributed by atoms with Crippen LogP contribution in [0, 0.1) is 0 Å². The van der Waals surface area contributed by atoms with Crippen LogP contribution in [0.25, 0.3) is 0 Å². The smallest absolute Gasteiger partial charge is 0.0156 e. The summed E-state index contributed by atoms with van der Waals surface area (Å²) in [5.41, 5.74) is 6.33. The molecule has 2 N–H and O–H groups in total. The Balaban J connectivity index is 1.56. The molecule has 2 aliphatic rings. The second-order valence-corrected chi connectivity index (χ2v) is 5.24. The summed E-state index contributed by atoms with van der Waals surface area (Å²) in [4.78, 5) is 5.12. The molecule has 0 aromatic heterocycles. The number of rotatable bonds is 5. The van der Waals surface area contributed by atoms with Gasteiger partial charge in [-0.15, -0.1) is 0 Å². The van der Waals surface area contributed by atoms with E-state index in [0.29, 0.717) is 0 Å². The SMILES string of the molecule is CCN1CCN(CCCC2(N)CC2)CC1.